The number of anilines is 1. The van der Waals surface area contributed by atoms with Gasteiger partial charge in [-0.1, -0.05) is 12.8 Å². The number of fused-ring (bicyclic) bond motifs is 2. The van der Waals surface area contributed by atoms with Crippen molar-refractivity contribution >= 4 is 22.4 Å². The van der Waals surface area contributed by atoms with E-state index < -0.39 is 5.60 Å². The molecule has 0 aromatic carbocycles. The Bertz CT molecular complexity index is 594. The number of rotatable bonds is 3. The first-order chi connectivity index (χ1) is 11.6. The smallest absolute Gasteiger partial charge is 0.240 e. The van der Waals surface area contributed by atoms with Crippen LogP contribution >= 0.6 is 11.3 Å². The number of hydrogen-bond donors (Lipinski definition) is 2. The SMILES string of the molecule is O=C(CN1CCC2(O)CCCCC2C1)Nc1nc2c(s1)CCCC2. The van der Waals surface area contributed by atoms with Crippen molar-refractivity contribution in [1.82, 2.24) is 9.88 Å². The summed E-state index contributed by atoms with van der Waals surface area (Å²) in [6, 6.07) is 0. The summed E-state index contributed by atoms with van der Waals surface area (Å²) in [6.07, 6.45) is 9.78. The van der Waals surface area contributed by atoms with Crippen LogP contribution in [0.5, 0.6) is 0 Å². The van der Waals surface area contributed by atoms with E-state index in [9.17, 15) is 9.90 Å². The molecular weight excluding hydrogens is 322 g/mol. The quantitative estimate of drug-likeness (QED) is 0.880. The summed E-state index contributed by atoms with van der Waals surface area (Å²) in [5.41, 5.74) is 0.714. The predicted molar refractivity (Wildman–Crippen MR) is 95.4 cm³/mol. The highest BCUT2D eigenvalue weighted by Gasteiger charge is 2.42. The number of nitrogens with one attached hydrogen (secondary N) is 1. The Morgan fingerprint density at radius 3 is 3.04 bits per heavy atom. The fourth-order valence-corrected chi connectivity index (χ4v) is 5.62. The number of hydrogen-bond acceptors (Lipinski definition) is 5. The highest BCUT2D eigenvalue weighted by molar-refractivity contribution is 7.15. The number of carbonyl (C=O) groups is 1. The Hall–Kier alpha value is -0.980. The Kier molecular flexibility index (Phi) is 4.62. The zero-order valence-corrected chi connectivity index (χ0v) is 15.0. The molecule has 3 aliphatic rings. The van der Waals surface area contributed by atoms with E-state index in [1.807, 2.05) is 0 Å². The second-order valence-electron chi connectivity index (χ2n) is 7.68. The molecule has 2 heterocycles. The molecule has 6 heteroatoms. The van der Waals surface area contributed by atoms with Crippen LogP contribution in [0.1, 0.15) is 55.5 Å². The van der Waals surface area contributed by atoms with Crippen molar-refractivity contribution in [2.45, 2.75) is 63.4 Å². The molecule has 1 saturated carbocycles. The summed E-state index contributed by atoms with van der Waals surface area (Å²) in [7, 11) is 0. The van der Waals surface area contributed by atoms with Gasteiger partial charge in [0.2, 0.25) is 5.91 Å². The van der Waals surface area contributed by atoms with Crippen LogP contribution < -0.4 is 5.32 Å². The van der Waals surface area contributed by atoms with E-state index in [-0.39, 0.29) is 5.91 Å². The fourth-order valence-electron chi connectivity index (χ4n) is 4.55. The number of aryl methyl sites for hydroxylation is 2. The molecule has 5 nitrogen and oxygen atoms in total. The third-order valence-electron chi connectivity index (χ3n) is 5.97. The van der Waals surface area contributed by atoms with E-state index in [0.29, 0.717) is 12.5 Å². The number of aromatic nitrogens is 1. The Balaban J connectivity index is 1.32. The number of carbonyl (C=O) groups excluding carboxylic acids is 1. The summed E-state index contributed by atoms with van der Waals surface area (Å²) < 4.78 is 0. The van der Waals surface area contributed by atoms with Crippen molar-refractivity contribution in [2.75, 3.05) is 25.0 Å². The van der Waals surface area contributed by atoms with Crippen LogP contribution in [-0.4, -0.2) is 46.1 Å². The van der Waals surface area contributed by atoms with Gasteiger partial charge in [-0.05, 0) is 44.9 Å². The van der Waals surface area contributed by atoms with E-state index in [1.54, 1.807) is 11.3 Å². The van der Waals surface area contributed by atoms with E-state index in [2.05, 4.69) is 15.2 Å². The molecule has 0 radical (unpaired) electrons. The molecule has 0 bridgehead atoms. The van der Waals surface area contributed by atoms with Crippen LogP contribution in [0.3, 0.4) is 0 Å². The minimum Gasteiger partial charge on any atom is -0.390 e. The lowest BCUT2D eigenvalue weighted by molar-refractivity contribution is -0.123. The number of likely N-dealkylation sites (tertiary alicyclic amines) is 1. The molecule has 1 saturated heterocycles. The molecular formula is C18H27N3O2S. The number of thiazole rings is 1. The van der Waals surface area contributed by atoms with Crippen molar-refractivity contribution in [1.29, 1.82) is 0 Å². The molecule has 132 valence electrons. The molecule has 1 amide bonds. The van der Waals surface area contributed by atoms with Gasteiger partial charge in [0.05, 0.1) is 17.8 Å². The highest BCUT2D eigenvalue weighted by atomic mass is 32.1. The van der Waals surface area contributed by atoms with Gasteiger partial charge >= 0.3 is 0 Å². The Labute approximate surface area is 147 Å². The third-order valence-corrected chi connectivity index (χ3v) is 7.04. The standard InChI is InChI=1S/C18H27N3O2S/c22-16(20-17-19-14-6-1-2-7-15(14)24-17)12-21-10-9-18(23)8-4-3-5-13(18)11-21/h13,23H,1-12H2,(H,19,20,22). The second kappa shape index (κ2) is 6.73. The maximum atomic E-state index is 12.4. The highest BCUT2D eigenvalue weighted by Crippen LogP contribution is 2.39. The zero-order valence-electron chi connectivity index (χ0n) is 14.2. The molecule has 1 aromatic heterocycles. The van der Waals surface area contributed by atoms with Gasteiger partial charge in [0.25, 0.3) is 0 Å². The molecule has 2 fully saturated rings. The van der Waals surface area contributed by atoms with E-state index in [0.717, 1.165) is 56.7 Å². The van der Waals surface area contributed by atoms with Gasteiger partial charge in [-0.2, -0.15) is 0 Å². The third kappa shape index (κ3) is 3.37. The summed E-state index contributed by atoms with van der Waals surface area (Å²) in [5, 5.41) is 14.5. The van der Waals surface area contributed by atoms with E-state index in [4.69, 9.17) is 0 Å². The van der Waals surface area contributed by atoms with Crippen molar-refractivity contribution < 1.29 is 9.90 Å². The molecule has 0 spiro atoms. The number of piperidine rings is 1. The lowest BCUT2D eigenvalue weighted by atomic mass is 9.71. The van der Waals surface area contributed by atoms with Crippen LogP contribution in [0.4, 0.5) is 5.13 Å². The molecule has 2 atom stereocenters. The van der Waals surface area contributed by atoms with Crippen LogP contribution in [0.25, 0.3) is 0 Å². The van der Waals surface area contributed by atoms with Gasteiger partial charge in [0, 0.05) is 23.9 Å². The largest absolute Gasteiger partial charge is 0.390 e. The first-order valence-corrected chi connectivity index (χ1v) is 10.2. The zero-order chi connectivity index (χ0) is 16.6. The van der Waals surface area contributed by atoms with Gasteiger partial charge < -0.3 is 10.4 Å². The first kappa shape index (κ1) is 16.5. The molecule has 2 unspecified atom stereocenters. The van der Waals surface area contributed by atoms with Crippen molar-refractivity contribution in [3.8, 4) is 0 Å². The van der Waals surface area contributed by atoms with Crippen LogP contribution in [0, 0.1) is 5.92 Å². The van der Waals surface area contributed by atoms with Crippen LogP contribution in [0.2, 0.25) is 0 Å². The minimum absolute atomic E-state index is 0.0300. The normalized spacial score (nSPS) is 30.5. The summed E-state index contributed by atoms with van der Waals surface area (Å²) in [6.45, 7) is 2.07. The molecule has 2 N–H and O–H groups in total. The fraction of sp³-hybridized carbons (Fsp3) is 0.778. The van der Waals surface area contributed by atoms with Crippen molar-refractivity contribution in [3.05, 3.63) is 10.6 Å². The second-order valence-corrected chi connectivity index (χ2v) is 8.76. The van der Waals surface area contributed by atoms with Crippen LogP contribution in [0.15, 0.2) is 0 Å². The maximum Gasteiger partial charge on any atom is 0.240 e. The summed E-state index contributed by atoms with van der Waals surface area (Å²) in [5.74, 6) is 0.363. The first-order valence-electron chi connectivity index (χ1n) is 9.35. The lowest BCUT2D eigenvalue weighted by Gasteiger charge is -2.47. The predicted octanol–water partition coefficient (Wildman–Crippen LogP) is 2.59. The molecule has 2 aliphatic carbocycles. The van der Waals surface area contributed by atoms with Crippen molar-refractivity contribution in [3.63, 3.8) is 0 Å². The summed E-state index contributed by atoms with van der Waals surface area (Å²) >= 11 is 1.64. The number of nitrogens with zero attached hydrogens (tertiary/aromatic N) is 2. The lowest BCUT2D eigenvalue weighted by Crippen LogP contribution is -2.54. The Morgan fingerprint density at radius 2 is 2.17 bits per heavy atom. The van der Waals surface area contributed by atoms with Gasteiger partial charge in [-0.15, -0.1) is 11.3 Å². The van der Waals surface area contributed by atoms with E-state index >= 15 is 0 Å². The maximum absolute atomic E-state index is 12.4. The van der Waals surface area contributed by atoms with Gasteiger partial charge in [-0.25, -0.2) is 4.98 Å². The monoisotopic (exact) mass is 349 g/mol. The summed E-state index contributed by atoms with van der Waals surface area (Å²) in [4.78, 5) is 20.5. The van der Waals surface area contributed by atoms with Crippen LogP contribution in [-0.2, 0) is 17.6 Å². The number of amides is 1. The Morgan fingerprint density at radius 1 is 1.29 bits per heavy atom. The number of aliphatic hydroxyl groups is 1. The minimum atomic E-state index is -0.473. The molecule has 4 rings (SSSR count). The van der Waals surface area contributed by atoms with Gasteiger partial charge in [-0.3, -0.25) is 9.69 Å². The van der Waals surface area contributed by atoms with E-state index in [1.165, 1.54) is 29.8 Å². The molecule has 1 aliphatic heterocycles. The molecule has 24 heavy (non-hydrogen) atoms. The topological polar surface area (TPSA) is 65.5 Å². The van der Waals surface area contributed by atoms with Gasteiger partial charge in [0.15, 0.2) is 5.13 Å². The average Bonchev–Trinajstić information content (AvgIpc) is 2.97. The van der Waals surface area contributed by atoms with Gasteiger partial charge in [0.1, 0.15) is 0 Å². The average molecular weight is 350 g/mol. The molecule has 1 aromatic rings. The van der Waals surface area contributed by atoms with Crippen molar-refractivity contribution in [2.24, 2.45) is 5.92 Å².